The van der Waals surface area contributed by atoms with E-state index >= 15 is 0 Å². The Labute approximate surface area is 203 Å². The standard InChI is InChI=1S/C28H38N4O2/c1-27(2,3)21-17-20(18-22(25(21)33)28(4,5)6)19-29-26-30-23-9-7-8-10-24(23)32(26)12-11-31-13-15-34-16-14-31/h7-10,17-19,33H,11-16H2,1-6H3/b29-19+. The number of phenolic OH excluding ortho intramolecular Hbond substituents is 1. The number of aliphatic imine (C=N–C) groups is 1. The molecule has 0 unspecified atom stereocenters. The first-order valence-corrected chi connectivity index (χ1v) is 12.2. The van der Waals surface area contributed by atoms with E-state index < -0.39 is 0 Å². The number of aromatic nitrogens is 2. The van der Waals surface area contributed by atoms with Gasteiger partial charge in [-0.1, -0.05) is 53.7 Å². The van der Waals surface area contributed by atoms with Gasteiger partial charge in [0.05, 0.1) is 24.2 Å². The number of nitrogens with zero attached hydrogens (tertiary/aromatic N) is 4. The van der Waals surface area contributed by atoms with Gasteiger partial charge in [0.15, 0.2) is 0 Å². The molecule has 0 spiro atoms. The third-order valence-electron chi connectivity index (χ3n) is 6.46. The quantitative estimate of drug-likeness (QED) is 0.514. The van der Waals surface area contributed by atoms with Crippen molar-refractivity contribution in [2.75, 3.05) is 32.8 Å². The van der Waals surface area contributed by atoms with Gasteiger partial charge in [0.2, 0.25) is 5.95 Å². The number of fused-ring (bicyclic) bond motifs is 1. The zero-order chi connectivity index (χ0) is 24.5. The Balaban J connectivity index is 1.71. The van der Waals surface area contributed by atoms with Gasteiger partial charge in [-0.3, -0.25) is 4.90 Å². The van der Waals surface area contributed by atoms with Crippen LogP contribution in [0.4, 0.5) is 5.95 Å². The SMILES string of the molecule is CC(C)(C)c1cc(/C=N/c2nc3ccccc3n2CCN2CCOCC2)cc(C(C)(C)C)c1O. The van der Waals surface area contributed by atoms with Gasteiger partial charge in [-0.15, -0.1) is 0 Å². The van der Waals surface area contributed by atoms with E-state index in [-0.39, 0.29) is 10.8 Å². The Morgan fingerprint density at radius 1 is 0.971 bits per heavy atom. The molecular weight excluding hydrogens is 424 g/mol. The van der Waals surface area contributed by atoms with E-state index in [1.165, 1.54) is 0 Å². The van der Waals surface area contributed by atoms with E-state index in [2.05, 4.69) is 69.2 Å². The van der Waals surface area contributed by atoms with Crippen LogP contribution in [0.2, 0.25) is 0 Å². The zero-order valence-electron chi connectivity index (χ0n) is 21.4. The summed E-state index contributed by atoms with van der Waals surface area (Å²) >= 11 is 0. The van der Waals surface area contributed by atoms with Crippen molar-refractivity contribution in [3.63, 3.8) is 0 Å². The second-order valence-electron chi connectivity index (χ2n) is 11.2. The third-order valence-corrected chi connectivity index (χ3v) is 6.46. The lowest BCUT2D eigenvalue weighted by molar-refractivity contribution is 0.0366. The van der Waals surface area contributed by atoms with Crippen LogP contribution in [0.25, 0.3) is 11.0 Å². The molecule has 0 amide bonds. The van der Waals surface area contributed by atoms with Crippen LogP contribution in [0.15, 0.2) is 41.4 Å². The number of phenols is 1. The first kappa shape index (κ1) is 24.4. The van der Waals surface area contributed by atoms with Gasteiger partial charge in [0.1, 0.15) is 5.75 Å². The highest BCUT2D eigenvalue weighted by atomic mass is 16.5. The van der Waals surface area contributed by atoms with Crippen molar-refractivity contribution in [1.29, 1.82) is 0 Å². The molecule has 1 aliphatic rings. The summed E-state index contributed by atoms with van der Waals surface area (Å²) in [6.07, 6.45) is 1.89. The van der Waals surface area contributed by atoms with Gasteiger partial charge >= 0.3 is 0 Å². The molecule has 0 radical (unpaired) electrons. The van der Waals surface area contributed by atoms with Gasteiger partial charge in [-0.25, -0.2) is 9.98 Å². The largest absolute Gasteiger partial charge is 0.507 e. The van der Waals surface area contributed by atoms with Crippen molar-refractivity contribution < 1.29 is 9.84 Å². The van der Waals surface area contributed by atoms with Gasteiger partial charge in [-0.05, 0) is 40.7 Å². The summed E-state index contributed by atoms with van der Waals surface area (Å²) in [7, 11) is 0. The van der Waals surface area contributed by atoms with Crippen LogP contribution in [0.1, 0.15) is 58.2 Å². The van der Waals surface area contributed by atoms with Crippen LogP contribution in [-0.2, 0) is 22.1 Å². The average molecular weight is 463 g/mol. The zero-order valence-corrected chi connectivity index (χ0v) is 21.4. The number of hydrogen-bond donors (Lipinski definition) is 1. The van der Waals surface area contributed by atoms with E-state index in [1.807, 2.05) is 24.4 Å². The Hall–Kier alpha value is -2.70. The Bertz CT molecular complexity index is 1140. The molecule has 1 N–H and O–H groups in total. The van der Waals surface area contributed by atoms with Crippen molar-refractivity contribution in [1.82, 2.24) is 14.5 Å². The van der Waals surface area contributed by atoms with Crippen LogP contribution in [0.3, 0.4) is 0 Å². The smallest absolute Gasteiger partial charge is 0.230 e. The predicted molar refractivity (Wildman–Crippen MR) is 140 cm³/mol. The molecule has 2 heterocycles. The fraction of sp³-hybridized carbons (Fsp3) is 0.500. The number of rotatable bonds is 5. The lowest BCUT2D eigenvalue weighted by Gasteiger charge is -2.27. The molecule has 34 heavy (non-hydrogen) atoms. The molecule has 4 rings (SSSR count). The second kappa shape index (κ2) is 9.51. The Kier molecular flexibility index (Phi) is 6.83. The summed E-state index contributed by atoms with van der Waals surface area (Å²) in [5, 5.41) is 11.0. The van der Waals surface area contributed by atoms with Crippen LogP contribution >= 0.6 is 0 Å². The van der Waals surface area contributed by atoms with Crippen molar-refractivity contribution in [3.8, 4) is 5.75 Å². The van der Waals surface area contributed by atoms with Gasteiger partial charge < -0.3 is 14.4 Å². The summed E-state index contributed by atoms with van der Waals surface area (Å²) in [5.41, 5.74) is 4.52. The Morgan fingerprint density at radius 2 is 1.59 bits per heavy atom. The van der Waals surface area contributed by atoms with E-state index in [4.69, 9.17) is 14.7 Å². The summed E-state index contributed by atoms with van der Waals surface area (Å²) in [6, 6.07) is 12.3. The first-order valence-electron chi connectivity index (χ1n) is 12.2. The molecule has 1 aromatic heterocycles. The number of morpholine rings is 1. The first-order chi connectivity index (χ1) is 16.0. The molecule has 1 saturated heterocycles. The summed E-state index contributed by atoms with van der Waals surface area (Å²) < 4.78 is 7.70. The Morgan fingerprint density at radius 3 is 2.21 bits per heavy atom. The summed E-state index contributed by atoms with van der Waals surface area (Å²) in [6.45, 7) is 18.0. The minimum atomic E-state index is -0.181. The van der Waals surface area contributed by atoms with E-state index in [0.29, 0.717) is 11.7 Å². The van der Waals surface area contributed by atoms with Gasteiger partial charge in [0.25, 0.3) is 0 Å². The maximum Gasteiger partial charge on any atom is 0.230 e. The summed E-state index contributed by atoms with van der Waals surface area (Å²) in [5.74, 6) is 1.09. The maximum absolute atomic E-state index is 11.0. The molecule has 0 atom stereocenters. The lowest BCUT2D eigenvalue weighted by atomic mass is 9.78. The van der Waals surface area contributed by atoms with Crippen LogP contribution in [0.5, 0.6) is 5.75 Å². The number of hydrogen-bond acceptors (Lipinski definition) is 5. The number of ether oxygens (including phenoxy) is 1. The lowest BCUT2D eigenvalue weighted by Crippen LogP contribution is -2.38. The highest BCUT2D eigenvalue weighted by molar-refractivity contribution is 5.85. The normalized spacial score (nSPS) is 16.1. The number of imidazole rings is 1. The second-order valence-corrected chi connectivity index (χ2v) is 11.2. The topological polar surface area (TPSA) is 62.9 Å². The van der Waals surface area contributed by atoms with Crippen LogP contribution < -0.4 is 0 Å². The van der Waals surface area contributed by atoms with E-state index in [1.54, 1.807) is 0 Å². The number of para-hydroxylation sites is 2. The highest BCUT2D eigenvalue weighted by Gasteiger charge is 2.26. The monoisotopic (exact) mass is 462 g/mol. The van der Waals surface area contributed by atoms with Crippen LogP contribution in [0, 0.1) is 0 Å². The molecule has 1 aliphatic heterocycles. The average Bonchev–Trinajstić information content (AvgIpc) is 3.13. The van der Waals surface area contributed by atoms with E-state index in [0.717, 1.165) is 67.1 Å². The van der Waals surface area contributed by atoms with Crippen LogP contribution in [-0.4, -0.2) is 58.6 Å². The number of benzene rings is 2. The molecule has 0 saturated carbocycles. The molecule has 1 fully saturated rings. The fourth-order valence-electron chi connectivity index (χ4n) is 4.46. The molecular formula is C28H38N4O2. The number of aromatic hydroxyl groups is 1. The van der Waals surface area contributed by atoms with Crippen molar-refractivity contribution in [3.05, 3.63) is 53.1 Å². The van der Waals surface area contributed by atoms with Crippen molar-refractivity contribution in [2.45, 2.75) is 58.9 Å². The summed E-state index contributed by atoms with van der Waals surface area (Å²) in [4.78, 5) is 12.1. The molecule has 182 valence electrons. The molecule has 0 aliphatic carbocycles. The van der Waals surface area contributed by atoms with Crippen molar-refractivity contribution >= 4 is 23.2 Å². The highest BCUT2D eigenvalue weighted by Crippen LogP contribution is 2.39. The minimum absolute atomic E-state index is 0.181. The predicted octanol–water partition coefficient (Wildman–Crippen LogP) is 5.42. The molecule has 6 heteroatoms. The fourth-order valence-corrected chi connectivity index (χ4v) is 4.46. The van der Waals surface area contributed by atoms with E-state index in [9.17, 15) is 5.11 Å². The maximum atomic E-state index is 11.0. The molecule has 0 bridgehead atoms. The molecule has 2 aromatic carbocycles. The minimum Gasteiger partial charge on any atom is -0.507 e. The third kappa shape index (κ3) is 5.34. The molecule has 6 nitrogen and oxygen atoms in total. The van der Waals surface area contributed by atoms with Crippen molar-refractivity contribution in [2.24, 2.45) is 4.99 Å². The van der Waals surface area contributed by atoms with Gasteiger partial charge in [0, 0.05) is 43.5 Å². The van der Waals surface area contributed by atoms with Gasteiger partial charge in [-0.2, -0.15) is 0 Å². The molecule has 3 aromatic rings.